The van der Waals surface area contributed by atoms with Gasteiger partial charge in [-0.3, -0.25) is 4.79 Å². The summed E-state index contributed by atoms with van der Waals surface area (Å²) in [5, 5.41) is 12.3. The van der Waals surface area contributed by atoms with Crippen LogP contribution < -0.4 is 11.1 Å². The highest BCUT2D eigenvalue weighted by atomic mass is 32.1. The molecule has 1 aromatic rings. The second-order valence-electron chi connectivity index (χ2n) is 3.86. The number of hydrogen-bond acceptors (Lipinski definition) is 5. The fraction of sp³-hybridized carbons (Fsp3) is 0.556. The summed E-state index contributed by atoms with van der Waals surface area (Å²) < 4.78 is 0. The molecule has 0 saturated heterocycles. The third kappa shape index (κ3) is 1.95. The first-order chi connectivity index (χ1) is 7.06. The van der Waals surface area contributed by atoms with Gasteiger partial charge in [0.15, 0.2) is 5.13 Å². The molecular formula is C9H13N3O2S. The minimum atomic E-state index is -0.387. The molecule has 1 fully saturated rings. The predicted molar refractivity (Wildman–Crippen MR) is 57.8 cm³/mol. The zero-order valence-electron chi connectivity index (χ0n) is 8.41. The van der Waals surface area contributed by atoms with E-state index in [1.54, 1.807) is 6.92 Å². The van der Waals surface area contributed by atoms with Gasteiger partial charge in [0.05, 0.1) is 17.8 Å². The summed E-state index contributed by atoms with van der Waals surface area (Å²) in [7, 11) is 0. The number of hydrogen-bond donors (Lipinski definition) is 3. The van der Waals surface area contributed by atoms with Crippen LogP contribution in [0.4, 0.5) is 5.13 Å². The average Bonchev–Trinajstić information content (AvgIpc) is 2.86. The van der Waals surface area contributed by atoms with E-state index in [1.807, 2.05) is 0 Å². The number of aryl methyl sites for hydroxylation is 1. The van der Waals surface area contributed by atoms with Gasteiger partial charge in [-0.25, -0.2) is 4.98 Å². The lowest BCUT2D eigenvalue weighted by Gasteiger charge is -2.13. The Morgan fingerprint density at radius 3 is 2.80 bits per heavy atom. The third-order valence-electron chi connectivity index (χ3n) is 2.55. The van der Waals surface area contributed by atoms with E-state index in [0.29, 0.717) is 15.7 Å². The number of aliphatic hydroxyl groups is 1. The number of anilines is 1. The number of nitrogens with two attached hydrogens (primary N) is 1. The zero-order chi connectivity index (χ0) is 11.1. The zero-order valence-corrected chi connectivity index (χ0v) is 9.23. The number of aliphatic hydroxyl groups excluding tert-OH is 1. The quantitative estimate of drug-likeness (QED) is 0.692. The Balaban J connectivity index is 2.11. The van der Waals surface area contributed by atoms with Crippen molar-refractivity contribution in [2.24, 2.45) is 0 Å². The maximum Gasteiger partial charge on any atom is 0.263 e. The van der Waals surface area contributed by atoms with Gasteiger partial charge in [-0.15, -0.1) is 0 Å². The summed E-state index contributed by atoms with van der Waals surface area (Å²) in [6.45, 7) is 1.74. The molecule has 5 nitrogen and oxygen atoms in total. The Labute approximate surface area is 91.3 Å². The van der Waals surface area contributed by atoms with Crippen LogP contribution in [0.2, 0.25) is 0 Å². The molecule has 4 N–H and O–H groups in total. The van der Waals surface area contributed by atoms with Crippen LogP contribution in [0.25, 0.3) is 0 Å². The molecule has 0 radical (unpaired) electrons. The Morgan fingerprint density at radius 2 is 2.40 bits per heavy atom. The van der Waals surface area contributed by atoms with Crippen molar-refractivity contribution in [3.8, 4) is 0 Å². The number of carbonyl (C=O) groups excluding carboxylic acids is 1. The third-order valence-corrected chi connectivity index (χ3v) is 3.54. The Bertz CT molecular complexity index is 398. The highest BCUT2D eigenvalue weighted by Gasteiger charge is 2.43. The van der Waals surface area contributed by atoms with Crippen molar-refractivity contribution in [1.29, 1.82) is 0 Å². The van der Waals surface area contributed by atoms with E-state index in [0.717, 1.165) is 12.8 Å². The van der Waals surface area contributed by atoms with Crippen LogP contribution in [0.5, 0.6) is 0 Å². The van der Waals surface area contributed by atoms with Crippen molar-refractivity contribution in [2.45, 2.75) is 25.3 Å². The molecule has 0 unspecified atom stereocenters. The molecule has 0 aliphatic heterocycles. The Morgan fingerprint density at radius 1 is 1.73 bits per heavy atom. The number of amides is 1. The largest absolute Gasteiger partial charge is 0.394 e. The maximum absolute atomic E-state index is 11.8. The molecular weight excluding hydrogens is 214 g/mol. The van der Waals surface area contributed by atoms with E-state index in [1.165, 1.54) is 11.3 Å². The van der Waals surface area contributed by atoms with Gasteiger partial charge in [-0.2, -0.15) is 0 Å². The highest BCUT2D eigenvalue weighted by molar-refractivity contribution is 7.17. The van der Waals surface area contributed by atoms with Gasteiger partial charge in [-0.05, 0) is 19.8 Å². The Kier molecular flexibility index (Phi) is 2.40. The molecule has 0 atom stereocenters. The molecule has 1 aromatic heterocycles. The van der Waals surface area contributed by atoms with Crippen molar-refractivity contribution in [3.63, 3.8) is 0 Å². The molecule has 0 bridgehead atoms. The topological polar surface area (TPSA) is 88.2 Å². The standard InChI is InChI=1S/C9H13N3O2S/c1-5-6(15-8(10)11-5)7(14)12-9(4-13)2-3-9/h13H,2-4H2,1H3,(H2,10,11)(H,12,14). The molecule has 2 rings (SSSR count). The Hall–Kier alpha value is -1.14. The van der Waals surface area contributed by atoms with E-state index in [-0.39, 0.29) is 18.1 Å². The second kappa shape index (κ2) is 3.46. The summed E-state index contributed by atoms with van der Waals surface area (Å²) in [6.07, 6.45) is 1.67. The summed E-state index contributed by atoms with van der Waals surface area (Å²) in [4.78, 5) is 16.3. The van der Waals surface area contributed by atoms with Gasteiger partial charge in [0.2, 0.25) is 0 Å². The van der Waals surface area contributed by atoms with Crippen LogP contribution in [0.15, 0.2) is 0 Å². The number of nitrogens with zero attached hydrogens (tertiary/aromatic N) is 1. The van der Waals surface area contributed by atoms with Crippen LogP contribution in [-0.2, 0) is 0 Å². The fourth-order valence-electron chi connectivity index (χ4n) is 1.40. The van der Waals surface area contributed by atoms with Crippen molar-refractivity contribution in [3.05, 3.63) is 10.6 Å². The van der Waals surface area contributed by atoms with Crippen LogP contribution in [0.1, 0.15) is 28.2 Å². The molecule has 1 aliphatic rings. The first kappa shape index (κ1) is 10.4. The number of carbonyl (C=O) groups is 1. The molecule has 1 amide bonds. The molecule has 15 heavy (non-hydrogen) atoms. The van der Waals surface area contributed by atoms with Gasteiger partial charge in [0.1, 0.15) is 4.88 Å². The van der Waals surface area contributed by atoms with Crippen molar-refractivity contribution < 1.29 is 9.90 Å². The van der Waals surface area contributed by atoms with Gasteiger partial charge in [0, 0.05) is 0 Å². The van der Waals surface area contributed by atoms with Crippen LogP contribution >= 0.6 is 11.3 Å². The number of nitrogens with one attached hydrogen (secondary N) is 1. The summed E-state index contributed by atoms with van der Waals surface area (Å²) >= 11 is 1.17. The maximum atomic E-state index is 11.8. The minimum absolute atomic E-state index is 0.00786. The van der Waals surface area contributed by atoms with Gasteiger partial charge < -0.3 is 16.2 Å². The molecule has 0 spiro atoms. The first-order valence-corrected chi connectivity index (χ1v) is 5.54. The van der Waals surface area contributed by atoms with E-state index >= 15 is 0 Å². The first-order valence-electron chi connectivity index (χ1n) is 4.73. The fourth-order valence-corrected chi connectivity index (χ4v) is 2.13. The molecule has 6 heteroatoms. The number of rotatable bonds is 3. The summed E-state index contributed by atoms with van der Waals surface area (Å²) in [5.41, 5.74) is 5.76. The number of thiazole rings is 1. The van der Waals surface area contributed by atoms with Crippen LogP contribution in [-0.4, -0.2) is 28.1 Å². The predicted octanol–water partition coefficient (Wildman–Crippen LogP) is 0.288. The monoisotopic (exact) mass is 227 g/mol. The van der Waals surface area contributed by atoms with Crippen LogP contribution in [0.3, 0.4) is 0 Å². The van der Waals surface area contributed by atoms with E-state index < -0.39 is 0 Å². The summed E-state index contributed by atoms with van der Waals surface area (Å²) in [5.74, 6) is -0.187. The lowest BCUT2D eigenvalue weighted by atomic mass is 10.2. The van der Waals surface area contributed by atoms with Crippen LogP contribution in [0, 0.1) is 6.92 Å². The summed E-state index contributed by atoms with van der Waals surface area (Å²) in [6, 6.07) is 0. The van der Waals surface area contributed by atoms with E-state index in [4.69, 9.17) is 10.8 Å². The van der Waals surface area contributed by atoms with Gasteiger partial charge >= 0.3 is 0 Å². The molecule has 82 valence electrons. The van der Waals surface area contributed by atoms with Gasteiger partial charge in [-0.1, -0.05) is 11.3 Å². The molecule has 1 saturated carbocycles. The lowest BCUT2D eigenvalue weighted by Crippen LogP contribution is -2.39. The molecule has 1 aliphatic carbocycles. The normalized spacial score (nSPS) is 17.5. The van der Waals surface area contributed by atoms with E-state index in [9.17, 15) is 4.79 Å². The average molecular weight is 227 g/mol. The lowest BCUT2D eigenvalue weighted by molar-refractivity contribution is 0.0910. The van der Waals surface area contributed by atoms with Crippen molar-refractivity contribution >= 4 is 22.4 Å². The molecule has 0 aromatic carbocycles. The number of aromatic nitrogens is 1. The number of nitrogen functional groups attached to an aromatic ring is 1. The minimum Gasteiger partial charge on any atom is -0.394 e. The van der Waals surface area contributed by atoms with Crippen molar-refractivity contribution in [2.75, 3.05) is 12.3 Å². The SMILES string of the molecule is Cc1nc(N)sc1C(=O)NC1(CO)CC1. The molecule has 1 heterocycles. The second-order valence-corrected chi connectivity index (χ2v) is 4.89. The van der Waals surface area contributed by atoms with E-state index in [2.05, 4.69) is 10.3 Å². The highest BCUT2D eigenvalue weighted by Crippen LogP contribution is 2.35. The van der Waals surface area contributed by atoms with Gasteiger partial charge in [0.25, 0.3) is 5.91 Å². The smallest absolute Gasteiger partial charge is 0.263 e. The van der Waals surface area contributed by atoms with Crippen molar-refractivity contribution in [1.82, 2.24) is 10.3 Å².